The van der Waals surface area contributed by atoms with Gasteiger partial charge in [-0.05, 0) is 47.4 Å². The Bertz CT molecular complexity index is 1160. The summed E-state index contributed by atoms with van der Waals surface area (Å²) in [6, 6.07) is 22.9. The second-order valence-electron chi connectivity index (χ2n) is 7.50. The highest BCUT2D eigenvalue weighted by atomic mass is 35.5. The fourth-order valence-corrected chi connectivity index (χ4v) is 5.65. The maximum atomic E-state index is 13.4. The van der Waals surface area contributed by atoms with Crippen molar-refractivity contribution < 1.29 is 13.2 Å². The van der Waals surface area contributed by atoms with E-state index >= 15 is 0 Å². The number of hydrogen-bond acceptors (Lipinski definition) is 3. The van der Waals surface area contributed by atoms with Crippen molar-refractivity contribution in [3.63, 3.8) is 0 Å². The highest BCUT2D eigenvalue weighted by molar-refractivity contribution is 7.89. The maximum absolute atomic E-state index is 13.4. The normalized spacial score (nSPS) is 16.5. The Morgan fingerprint density at radius 3 is 2.39 bits per heavy atom. The van der Waals surface area contributed by atoms with Gasteiger partial charge in [0.1, 0.15) is 0 Å². The number of carbonyl (C=O) groups excluding carboxylic acids is 1. The molecule has 31 heavy (non-hydrogen) atoms. The molecule has 1 atom stereocenters. The topological polar surface area (TPSA) is 66.5 Å². The smallest absolute Gasteiger partial charge is 0.243 e. The van der Waals surface area contributed by atoms with Gasteiger partial charge in [0.05, 0.1) is 10.9 Å². The third kappa shape index (κ3) is 4.82. The Morgan fingerprint density at radius 2 is 1.65 bits per heavy atom. The van der Waals surface area contributed by atoms with Gasteiger partial charge in [0.15, 0.2) is 0 Å². The average Bonchev–Trinajstić information content (AvgIpc) is 2.79. The number of amides is 1. The molecule has 0 saturated heterocycles. The van der Waals surface area contributed by atoms with Crippen LogP contribution in [-0.2, 0) is 27.8 Å². The summed E-state index contributed by atoms with van der Waals surface area (Å²) in [5, 5.41) is 3.39. The molecular formula is C24H23ClN2O3S. The van der Waals surface area contributed by atoms with Gasteiger partial charge in [-0.1, -0.05) is 66.2 Å². The predicted molar refractivity (Wildman–Crippen MR) is 121 cm³/mol. The van der Waals surface area contributed by atoms with E-state index in [1.54, 1.807) is 12.1 Å². The van der Waals surface area contributed by atoms with Crippen LogP contribution in [0.4, 0.5) is 0 Å². The first-order valence-corrected chi connectivity index (χ1v) is 11.9. The van der Waals surface area contributed by atoms with Crippen molar-refractivity contribution in [2.75, 3.05) is 6.54 Å². The zero-order valence-corrected chi connectivity index (χ0v) is 18.4. The van der Waals surface area contributed by atoms with Crippen molar-refractivity contribution in [2.24, 2.45) is 0 Å². The predicted octanol–water partition coefficient (Wildman–Crippen LogP) is 4.33. The van der Waals surface area contributed by atoms with Crippen LogP contribution >= 0.6 is 11.6 Å². The lowest BCUT2D eigenvalue weighted by atomic mass is 9.92. The second-order valence-corrected chi connectivity index (χ2v) is 9.83. The van der Waals surface area contributed by atoms with E-state index in [2.05, 4.69) is 5.32 Å². The molecule has 1 N–H and O–H groups in total. The molecule has 4 rings (SSSR count). The third-order valence-corrected chi connectivity index (χ3v) is 7.67. The summed E-state index contributed by atoms with van der Waals surface area (Å²) in [6.07, 6.45) is 0.655. The molecule has 1 aliphatic heterocycles. The van der Waals surface area contributed by atoms with Crippen LogP contribution in [0.1, 0.15) is 29.2 Å². The summed E-state index contributed by atoms with van der Waals surface area (Å²) >= 11 is 5.94. The molecule has 1 amide bonds. The largest absolute Gasteiger partial charge is 0.352 e. The van der Waals surface area contributed by atoms with E-state index in [0.717, 1.165) is 16.7 Å². The van der Waals surface area contributed by atoms with Gasteiger partial charge in [-0.15, -0.1) is 0 Å². The number of nitrogens with zero attached hydrogens (tertiary/aromatic N) is 1. The number of fused-ring (bicyclic) bond motifs is 1. The van der Waals surface area contributed by atoms with Gasteiger partial charge < -0.3 is 5.32 Å². The molecule has 3 aromatic carbocycles. The Balaban J connectivity index is 1.60. The minimum absolute atomic E-state index is 0.0522. The Labute approximate surface area is 187 Å². The molecule has 0 saturated carbocycles. The number of rotatable bonds is 6. The van der Waals surface area contributed by atoms with Gasteiger partial charge in [0.2, 0.25) is 15.9 Å². The fraction of sp³-hybridized carbons (Fsp3) is 0.208. The number of sulfonamides is 1. The molecule has 0 fully saturated rings. The first-order valence-electron chi connectivity index (χ1n) is 10.1. The molecule has 0 spiro atoms. The standard InChI is InChI=1S/C24H23ClN2O3S/c25-20-10-12-21(13-11-20)31(29,30)27-15-14-19-8-4-5-9-22(19)23(27)16-24(28)26-17-18-6-2-1-3-7-18/h1-13,23H,14-17H2,(H,26,28)/t23-/m1/s1. The van der Waals surface area contributed by atoms with Crippen molar-refractivity contribution >= 4 is 27.5 Å². The SMILES string of the molecule is O=C(C[C@@H]1c2ccccc2CCN1S(=O)(=O)c1ccc(Cl)cc1)NCc1ccccc1. The third-order valence-electron chi connectivity index (χ3n) is 5.49. The molecule has 0 aromatic heterocycles. The first kappa shape index (κ1) is 21.6. The lowest BCUT2D eigenvalue weighted by Gasteiger charge is -2.36. The van der Waals surface area contributed by atoms with Gasteiger partial charge in [0.25, 0.3) is 0 Å². The number of carbonyl (C=O) groups is 1. The summed E-state index contributed by atoms with van der Waals surface area (Å²) in [4.78, 5) is 13.0. The summed E-state index contributed by atoms with van der Waals surface area (Å²) < 4.78 is 28.3. The fourth-order valence-electron chi connectivity index (χ4n) is 3.91. The zero-order chi connectivity index (χ0) is 21.8. The molecule has 0 bridgehead atoms. The van der Waals surface area contributed by atoms with E-state index in [0.29, 0.717) is 24.5 Å². The van der Waals surface area contributed by atoms with Crippen LogP contribution in [-0.4, -0.2) is 25.2 Å². The van der Waals surface area contributed by atoms with Crippen molar-refractivity contribution in [1.82, 2.24) is 9.62 Å². The van der Waals surface area contributed by atoms with E-state index in [1.807, 2.05) is 54.6 Å². The monoisotopic (exact) mass is 454 g/mol. The minimum Gasteiger partial charge on any atom is -0.352 e. The van der Waals surface area contributed by atoms with E-state index in [4.69, 9.17) is 11.6 Å². The van der Waals surface area contributed by atoms with Crippen LogP contribution in [0.3, 0.4) is 0 Å². The van der Waals surface area contributed by atoms with Gasteiger partial charge in [0, 0.05) is 24.5 Å². The van der Waals surface area contributed by atoms with E-state index in [1.165, 1.54) is 16.4 Å². The van der Waals surface area contributed by atoms with Gasteiger partial charge >= 0.3 is 0 Å². The molecule has 0 aliphatic carbocycles. The Morgan fingerprint density at radius 1 is 0.968 bits per heavy atom. The zero-order valence-electron chi connectivity index (χ0n) is 16.9. The van der Waals surface area contributed by atoms with Crippen molar-refractivity contribution in [2.45, 2.75) is 30.3 Å². The molecule has 0 unspecified atom stereocenters. The van der Waals surface area contributed by atoms with Crippen LogP contribution in [0.15, 0.2) is 83.8 Å². The lowest BCUT2D eigenvalue weighted by molar-refractivity contribution is -0.122. The summed E-state index contributed by atoms with van der Waals surface area (Å²) in [5.41, 5.74) is 2.94. The number of hydrogen-bond donors (Lipinski definition) is 1. The lowest BCUT2D eigenvalue weighted by Crippen LogP contribution is -2.42. The quantitative estimate of drug-likeness (QED) is 0.602. The molecule has 1 aliphatic rings. The molecule has 7 heteroatoms. The minimum atomic E-state index is -3.79. The van der Waals surface area contributed by atoms with Crippen LogP contribution in [0.5, 0.6) is 0 Å². The average molecular weight is 455 g/mol. The van der Waals surface area contributed by atoms with E-state index in [-0.39, 0.29) is 17.2 Å². The molecule has 160 valence electrons. The molecule has 3 aromatic rings. The van der Waals surface area contributed by atoms with Crippen molar-refractivity contribution in [3.05, 3.63) is 101 Å². The maximum Gasteiger partial charge on any atom is 0.243 e. The first-order chi connectivity index (χ1) is 14.9. The summed E-state index contributed by atoms with van der Waals surface area (Å²) in [5.74, 6) is -0.193. The number of halogens is 1. The molecule has 0 radical (unpaired) electrons. The van der Waals surface area contributed by atoms with Crippen molar-refractivity contribution in [1.29, 1.82) is 0 Å². The van der Waals surface area contributed by atoms with Crippen LogP contribution in [0.25, 0.3) is 0 Å². The summed E-state index contributed by atoms with van der Waals surface area (Å²) in [6.45, 7) is 0.719. The summed E-state index contributed by atoms with van der Waals surface area (Å²) in [7, 11) is -3.79. The molecule has 1 heterocycles. The Hall–Kier alpha value is -2.67. The Kier molecular flexibility index (Phi) is 6.41. The molecule has 5 nitrogen and oxygen atoms in total. The van der Waals surface area contributed by atoms with Gasteiger partial charge in [-0.3, -0.25) is 4.79 Å². The van der Waals surface area contributed by atoms with Crippen LogP contribution in [0, 0.1) is 0 Å². The highest BCUT2D eigenvalue weighted by Crippen LogP contribution is 2.36. The highest BCUT2D eigenvalue weighted by Gasteiger charge is 2.37. The number of benzene rings is 3. The van der Waals surface area contributed by atoms with E-state index in [9.17, 15) is 13.2 Å². The second kappa shape index (κ2) is 9.22. The van der Waals surface area contributed by atoms with Crippen LogP contribution in [0.2, 0.25) is 5.02 Å². The van der Waals surface area contributed by atoms with Gasteiger partial charge in [-0.2, -0.15) is 4.31 Å². The molecular weight excluding hydrogens is 432 g/mol. The van der Waals surface area contributed by atoms with Gasteiger partial charge in [-0.25, -0.2) is 8.42 Å². The van der Waals surface area contributed by atoms with Crippen molar-refractivity contribution in [3.8, 4) is 0 Å². The number of nitrogens with one attached hydrogen (secondary N) is 1. The van der Waals surface area contributed by atoms with E-state index < -0.39 is 16.1 Å². The van der Waals surface area contributed by atoms with Crippen LogP contribution < -0.4 is 5.32 Å².